The van der Waals surface area contributed by atoms with Gasteiger partial charge in [-0.2, -0.15) is 0 Å². The summed E-state index contributed by atoms with van der Waals surface area (Å²) < 4.78 is 53.2. The Labute approximate surface area is 355 Å². The monoisotopic (exact) mass is 872 g/mol. The molecule has 20 heteroatoms. The first-order valence-electron chi connectivity index (χ1n) is 19.9. The topological polar surface area (TPSA) is 269 Å². The molecule has 20 nitrogen and oxygen atoms in total. The molecule has 5 fully saturated rings. The number of aliphatic hydroxyl groups excluding tert-OH is 2. The molecule has 0 amide bonds. The van der Waals surface area contributed by atoms with Crippen LogP contribution in [-0.2, 0) is 85.7 Å². The van der Waals surface area contributed by atoms with Crippen LogP contribution in [0.15, 0.2) is 71.9 Å². The number of rotatable bonds is 16. The number of aliphatic hydroxyl groups is 2. The number of carbonyl (C=O) groups excluding carboxylic acids is 8. The number of hydrogen-bond donors (Lipinski definition) is 2. The third-order valence-electron chi connectivity index (χ3n) is 10.0. The molecule has 2 N–H and O–H groups in total. The Morgan fingerprint density at radius 1 is 0.516 bits per heavy atom. The average molecular weight is 873 g/mol. The van der Waals surface area contributed by atoms with Crippen LogP contribution in [0.5, 0.6) is 0 Å². The van der Waals surface area contributed by atoms with Crippen molar-refractivity contribution in [3.05, 3.63) is 71.9 Å². The van der Waals surface area contributed by atoms with Gasteiger partial charge in [0.15, 0.2) is 24.4 Å². The Morgan fingerprint density at radius 2 is 0.823 bits per heavy atom. The van der Waals surface area contributed by atoms with Crippen LogP contribution >= 0.6 is 0 Å². The van der Waals surface area contributed by atoms with Gasteiger partial charge < -0.3 is 57.6 Å². The van der Waals surface area contributed by atoms with Gasteiger partial charge in [-0.25, -0.2) is 19.2 Å². The summed E-state index contributed by atoms with van der Waals surface area (Å²) in [7, 11) is 0. The van der Waals surface area contributed by atoms with E-state index in [-0.39, 0.29) is 64.6 Å². The van der Waals surface area contributed by atoms with Gasteiger partial charge in [-0.15, -0.1) is 0 Å². The second-order valence-corrected chi connectivity index (χ2v) is 14.9. The van der Waals surface area contributed by atoms with Crippen molar-refractivity contribution in [2.75, 3.05) is 13.2 Å². The van der Waals surface area contributed by atoms with Gasteiger partial charge in [0, 0.05) is 78.4 Å². The Hall–Kier alpha value is -5.96. The van der Waals surface area contributed by atoms with E-state index in [2.05, 4.69) is 0 Å². The zero-order valence-electron chi connectivity index (χ0n) is 34.4. The third-order valence-corrected chi connectivity index (χ3v) is 10.0. The highest BCUT2D eigenvalue weighted by atomic mass is 16.8. The molecular weight excluding hydrogens is 824 g/mol. The summed E-state index contributed by atoms with van der Waals surface area (Å²) in [4.78, 5) is 102. The second kappa shape index (κ2) is 19.8. The molecule has 1 saturated carbocycles. The first-order valence-corrected chi connectivity index (χ1v) is 19.9. The molecule has 0 aromatic rings. The molecule has 5 aliphatic rings. The van der Waals surface area contributed by atoms with Gasteiger partial charge in [0.1, 0.15) is 11.1 Å². The van der Waals surface area contributed by atoms with Crippen molar-refractivity contribution in [2.24, 2.45) is 11.8 Å². The van der Waals surface area contributed by atoms with Crippen LogP contribution in [-0.4, -0.2) is 107 Å². The van der Waals surface area contributed by atoms with Crippen LogP contribution in [0.2, 0.25) is 0 Å². The second-order valence-electron chi connectivity index (χ2n) is 14.9. The molecule has 0 bridgehead atoms. The van der Waals surface area contributed by atoms with Crippen molar-refractivity contribution in [1.29, 1.82) is 0 Å². The lowest BCUT2D eigenvalue weighted by atomic mass is 9.86. The molecule has 4 aliphatic heterocycles. The van der Waals surface area contributed by atoms with E-state index >= 15 is 0 Å². The Morgan fingerprint density at radius 3 is 1.11 bits per heavy atom. The standard InChI is InChI=1S/C42H48O20/c1-5-53-29(43)17-19-39(3)55-31(45)25(32(46)56-39)13-9-7-11-15-27-35(49)59-41(60-36(27)50)21-23-42(24-22-41)61-37(51)28(38(52)62-42)16-12-8-10-14-26-33(47)57-40(4,58-34(26)48)20-18-30(44)54-6-2/h7-16,27-30,43-44H,5-6,17-24H2,1-4H3. The van der Waals surface area contributed by atoms with Crippen LogP contribution < -0.4 is 0 Å². The molecule has 62 heavy (non-hydrogen) atoms. The van der Waals surface area contributed by atoms with Crippen LogP contribution in [0.3, 0.4) is 0 Å². The van der Waals surface area contributed by atoms with Gasteiger partial charge in [0.25, 0.3) is 23.1 Å². The van der Waals surface area contributed by atoms with Gasteiger partial charge >= 0.3 is 47.8 Å². The number of esters is 8. The molecule has 4 heterocycles. The molecule has 0 aromatic carbocycles. The zero-order chi connectivity index (χ0) is 45.3. The molecule has 2 atom stereocenters. The maximum atomic E-state index is 12.9. The smallest absolute Gasteiger partial charge is 0.348 e. The summed E-state index contributed by atoms with van der Waals surface area (Å²) >= 11 is 0. The van der Waals surface area contributed by atoms with Crippen molar-refractivity contribution >= 4 is 47.8 Å². The fourth-order valence-corrected chi connectivity index (χ4v) is 6.75. The van der Waals surface area contributed by atoms with Crippen molar-refractivity contribution in [2.45, 2.75) is 115 Å². The summed E-state index contributed by atoms with van der Waals surface area (Å²) in [6.45, 7) is 6.68. The maximum Gasteiger partial charge on any atom is 0.348 e. The van der Waals surface area contributed by atoms with Gasteiger partial charge in [-0.05, 0) is 26.0 Å². The number of allylic oxidation sites excluding steroid dienone is 8. The quantitative estimate of drug-likeness (QED) is 0.0429. The molecule has 4 saturated heterocycles. The Kier molecular flexibility index (Phi) is 15.1. The summed E-state index contributed by atoms with van der Waals surface area (Å²) in [6.07, 6.45) is 9.64. The first-order chi connectivity index (χ1) is 29.3. The van der Waals surface area contributed by atoms with Gasteiger partial charge in [-0.3, -0.25) is 19.2 Å². The van der Waals surface area contributed by atoms with Gasteiger partial charge in [-0.1, -0.05) is 48.6 Å². The Bertz CT molecular complexity index is 1760. The molecule has 2 spiro atoms. The molecule has 0 aromatic heterocycles. The lowest BCUT2D eigenvalue weighted by molar-refractivity contribution is -0.303. The van der Waals surface area contributed by atoms with Crippen LogP contribution in [0.4, 0.5) is 0 Å². The fraction of sp³-hybridized carbons (Fsp3) is 0.524. The van der Waals surface area contributed by atoms with E-state index in [0.717, 1.165) is 12.2 Å². The van der Waals surface area contributed by atoms with Crippen molar-refractivity contribution in [3.8, 4) is 0 Å². The van der Waals surface area contributed by atoms with E-state index < -0.39 is 106 Å². The predicted molar refractivity (Wildman–Crippen MR) is 203 cm³/mol. The summed E-state index contributed by atoms with van der Waals surface area (Å²) in [5.74, 6) is -17.0. The van der Waals surface area contributed by atoms with Crippen LogP contribution in [0.1, 0.15) is 79.1 Å². The lowest BCUT2D eigenvalue weighted by Gasteiger charge is -2.47. The normalized spacial score (nSPS) is 31.5. The first kappa shape index (κ1) is 47.1. The SMILES string of the molecule is CCOC(O)CCC1(C)OC(=O)C(=CC=CC=CC2C(=O)OC3(CCC4(CC3)OC(=O)C(C=CC=CC=C3C(=O)OC(C)(CCC(O)OCC)OC3=O)C(=O)O4)OC2=O)C(=O)O1. The van der Waals surface area contributed by atoms with Crippen molar-refractivity contribution < 1.29 is 95.9 Å². The molecule has 5 rings (SSSR count). The minimum absolute atomic E-state index is 0.00869. The van der Waals surface area contributed by atoms with Crippen LogP contribution in [0, 0.1) is 11.8 Å². The van der Waals surface area contributed by atoms with E-state index in [1.54, 1.807) is 13.8 Å². The molecule has 1 aliphatic carbocycles. The van der Waals surface area contributed by atoms with Crippen molar-refractivity contribution in [1.82, 2.24) is 0 Å². The number of cyclic esters (lactones) is 4. The summed E-state index contributed by atoms with van der Waals surface area (Å²) in [6, 6.07) is 0. The zero-order valence-corrected chi connectivity index (χ0v) is 34.4. The van der Waals surface area contributed by atoms with E-state index in [4.69, 9.17) is 47.4 Å². The fourth-order valence-electron chi connectivity index (χ4n) is 6.75. The average Bonchev–Trinajstić information content (AvgIpc) is 3.18. The summed E-state index contributed by atoms with van der Waals surface area (Å²) in [5.41, 5.74) is -0.820. The number of carbonyl (C=O) groups is 8. The molecule has 336 valence electrons. The minimum Gasteiger partial charge on any atom is -0.422 e. The minimum atomic E-state index is -1.70. The largest absolute Gasteiger partial charge is 0.422 e. The molecule has 0 radical (unpaired) electrons. The predicted octanol–water partition coefficient (Wildman–Crippen LogP) is 2.37. The van der Waals surface area contributed by atoms with E-state index in [1.807, 2.05) is 0 Å². The highest BCUT2D eigenvalue weighted by Gasteiger charge is 2.58. The van der Waals surface area contributed by atoms with E-state index in [1.165, 1.54) is 62.5 Å². The highest BCUT2D eigenvalue weighted by molar-refractivity contribution is 6.16. The molecule has 2 unspecified atom stereocenters. The third kappa shape index (κ3) is 11.7. The van der Waals surface area contributed by atoms with Crippen LogP contribution in [0.25, 0.3) is 0 Å². The van der Waals surface area contributed by atoms with Crippen molar-refractivity contribution in [3.63, 3.8) is 0 Å². The highest BCUT2D eigenvalue weighted by Crippen LogP contribution is 2.45. The number of hydrogen-bond acceptors (Lipinski definition) is 20. The lowest BCUT2D eigenvalue weighted by Crippen LogP contribution is -2.57. The van der Waals surface area contributed by atoms with Gasteiger partial charge in [0.05, 0.1) is 0 Å². The number of ether oxygens (including phenoxy) is 10. The maximum absolute atomic E-state index is 12.9. The molecular formula is C42H48O20. The van der Waals surface area contributed by atoms with Gasteiger partial charge in [0.2, 0.25) is 0 Å². The van der Waals surface area contributed by atoms with E-state index in [9.17, 15) is 48.6 Å². The summed E-state index contributed by atoms with van der Waals surface area (Å²) in [5, 5.41) is 19.5. The Balaban J connectivity index is 1.07. The van der Waals surface area contributed by atoms with E-state index in [0.29, 0.717) is 0 Å².